The predicted octanol–water partition coefficient (Wildman–Crippen LogP) is 0.639. The summed E-state index contributed by atoms with van der Waals surface area (Å²) >= 11 is 0. The van der Waals surface area contributed by atoms with Gasteiger partial charge in [-0.05, 0) is 19.2 Å². The highest BCUT2D eigenvalue weighted by atomic mass is 15.3. The van der Waals surface area contributed by atoms with Crippen LogP contribution in [0.3, 0.4) is 0 Å². The highest BCUT2D eigenvalue weighted by Crippen LogP contribution is 2.15. The SMILES string of the molecule is CNCCc1nnc(-c2ccncc2)n1C. The molecule has 0 unspecified atom stereocenters. The fourth-order valence-electron chi connectivity index (χ4n) is 1.57. The highest BCUT2D eigenvalue weighted by molar-refractivity contribution is 5.53. The van der Waals surface area contributed by atoms with Crippen molar-refractivity contribution >= 4 is 0 Å². The van der Waals surface area contributed by atoms with Gasteiger partial charge in [-0.3, -0.25) is 4.98 Å². The third kappa shape index (κ3) is 2.09. The summed E-state index contributed by atoms with van der Waals surface area (Å²) in [6.45, 7) is 0.905. The van der Waals surface area contributed by atoms with Crippen molar-refractivity contribution in [2.75, 3.05) is 13.6 Å². The molecule has 84 valence electrons. The Morgan fingerprint density at radius 2 is 2.00 bits per heavy atom. The first-order chi connectivity index (χ1) is 7.83. The number of likely N-dealkylation sites (N-methyl/N-ethyl adjacent to an activating group) is 1. The van der Waals surface area contributed by atoms with Crippen molar-refractivity contribution in [3.63, 3.8) is 0 Å². The summed E-state index contributed by atoms with van der Waals surface area (Å²) in [5.41, 5.74) is 1.04. The van der Waals surface area contributed by atoms with Crippen LogP contribution in [0.5, 0.6) is 0 Å². The van der Waals surface area contributed by atoms with E-state index in [0.717, 1.165) is 30.2 Å². The molecular weight excluding hydrogens is 202 g/mol. The number of pyridine rings is 1. The van der Waals surface area contributed by atoms with Gasteiger partial charge in [0.25, 0.3) is 0 Å². The van der Waals surface area contributed by atoms with E-state index >= 15 is 0 Å². The minimum Gasteiger partial charge on any atom is -0.319 e. The van der Waals surface area contributed by atoms with E-state index in [1.807, 2.05) is 30.8 Å². The van der Waals surface area contributed by atoms with E-state index in [9.17, 15) is 0 Å². The Labute approximate surface area is 94.5 Å². The quantitative estimate of drug-likeness (QED) is 0.816. The maximum absolute atomic E-state index is 4.20. The van der Waals surface area contributed by atoms with Crippen molar-refractivity contribution in [3.8, 4) is 11.4 Å². The number of hydrogen-bond donors (Lipinski definition) is 1. The minimum absolute atomic E-state index is 0.880. The smallest absolute Gasteiger partial charge is 0.163 e. The van der Waals surface area contributed by atoms with E-state index in [0.29, 0.717) is 0 Å². The lowest BCUT2D eigenvalue weighted by molar-refractivity contribution is 0.718. The molecule has 0 bridgehead atoms. The summed E-state index contributed by atoms with van der Waals surface area (Å²) in [5, 5.41) is 11.5. The van der Waals surface area contributed by atoms with E-state index in [2.05, 4.69) is 20.5 Å². The Kier molecular flexibility index (Phi) is 3.26. The average molecular weight is 217 g/mol. The lowest BCUT2D eigenvalue weighted by Gasteiger charge is -2.03. The van der Waals surface area contributed by atoms with Gasteiger partial charge in [0, 0.05) is 38.0 Å². The van der Waals surface area contributed by atoms with Crippen molar-refractivity contribution in [2.24, 2.45) is 7.05 Å². The minimum atomic E-state index is 0.880. The predicted molar refractivity (Wildman–Crippen MR) is 61.9 cm³/mol. The second-order valence-electron chi connectivity index (χ2n) is 3.59. The fourth-order valence-corrected chi connectivity index (χ4v) is 1.57. The van der Waals surface area contributed by atoms with E-state index in [1.54, 1.807) is 12.4 Å². The fraction of sp³-hybridized carbons (Fsp3) is 0.364. The van der Waals surface area contributed by atoms with Crippen LogP contribution in [0.1, 0.15) is 5.82 Å². The number of nitrogens with one attached hydrogen (secondary N) is 1. The maximum Gasteiger partial charge on any atom is 0.163 e. The highest BCUT2D eigenvalue weighted by Gasteiger charge is 2.09. The first kappa shape index (κ1) is 10.8. The van der Waals surface area contributed by atoms with Crippen LogP contribution >= 0.6 is 0 Å². The second-order valence-corrected chi connectivity index (χ2v) is 3.59. The first-order valence-corrected chi connectivity index (χ1v) is 5.26. The van der Waals surface area contributed by atoms with Gasteiger partial charge in [-0.2, -0.15) is 0 Å². The van der Waals surface area contributed by atoms with Crippen molar-refractivity contribution in [1.82, 2.24) is 25.1 Å². The molecule has 0 amide bonds. The standard InChI is InChI=1S/C11H15N5/c1-12-6-5-10-14-15-11(16(10)2)9-3-7-13-8-4-9/h3-4,7-8,12H,5-6H2,1-2H3. The molecule has 0 aromatic carbocycles. The zero-order valence-electron chi connectivity index (χ0n) is 9.51. The molecule has 2 aromatic rings. The molecular formula is C11H15N5. The zero-order valence-corrected chi connectivity index (χ0v) is 9.51. The van der Waals surface area contributed by atoms with E-state index in [4.69, 9.17) is 0 Å². The molecule has 0 atom stereocenters. The van der Waals surface area contributed by atoms with Gasteiger partial charge in [0.1, 0.15) is 5.82 Å². The van der Waals surface area contributed by atoms with Crippen LogP contribution < -0.4 is 5.32 Å². The number of rotatable bonds is 4. The Morgan fingerprint density at radius 3 is 2.69 bits per heavy atom. The monoisotopic (exact) mass is 217 g/mol. The van der Waals surface area contributed by atoms with Crippen LogP contribution in [0.2, 0.25) is 0 Å². The molecule has 5 heteroatoms. The Bertz CT molecular complexity index is 449. The molecule has 0 radical (unpaired) electrons. The summed E-state index contributed by atoms with van der Waals surface area (Å²) in [4.78, 5) is 3.99. The van der Waals surface area contributed by atoms with Crippen LogP contribution in [0.25, 0.3) is 11.4 Å². The normalized spacial score (nSPS) is 10.6. The van der Waals surface area contributed by atoms with Gasteiger partial charge in [0.2, 0.25) is 0 Å². The summed E-state index contributed by atoms with van der Waals surface area (Å²) in [6.07, 6.45) is 4.40. The molecule has 16 heavy (non-hydrogen) atoms. The third-order valence-electron chi connectivity index (χ3n) is 2.50. The van der Waals surface area contributed by atoms with Gasteiger partial charge in [-0.25, -0.2) is 0 Å². The van der Waals surface area contributed by atoms with E-state index in [-0.39, 0.29) is 0 Å². The molecule has 2 rings (SSSR count). The molecule has 0 aliphatic heterocycles. The third-order valence-corrected chi connectivity index (χ3v) is 2.50. The molecule has 1 N–H and O–H groups in total. The summed E-state index contributed by atoms with van der Waals surface area (Å²) < 4.78 is 2.02. The summed E-state index contributed by atoms with van der Waals surface area (Å²) in [7, 11) is 3.92. The number of hydrogen-bond acceptors (Lipinski definition) is 4. The average Bonchev–Trinajstić information content (AvgIpc) is 2.69. The van der Waals surface area contributed by atoms with Gasteiger partial charge >= 0.3 is 0 Å². The number of nitrogens with zero attached hydrogens (tertiary/aromatic N) is 4. The zero-order chi connectivity index (χ0) is 11.4. The molecule has 0 spiro atoms. The van der Waals surface area contributed by atoms with Gasteiger partial charge in [-0.1, -0.05) is 0 Å². The topological polar surface area (TPSA) is 55.6 Å². The van der Waals surface area contributed by atoms with Crippen LogP contribution in [-0.2, 0) is 13.5 Å². The molecule has 0 saturated carbocycles. The molecule has 2 heterocycles. The van der Waals surface area contributed by atoms with E-state index in [1.165, 1.54) is 0 Å². The summed E-state index contributed by atoms with van der Waals surface area (Å²) in [6, 6.07) is 3.87. The van der Waals surface area contributed by atoms with Crippen molar-refractivity contribution in [1.29, 1.82) is 0 Å². The van der Waals surface area contributed by atoms with Crippen molar-refractivity contribution in [2.45, 2.75) is 6.42 Å². The molecule has 2 aromatic heterocycles. The molecule has 0 aliphatic rings. The lowest BCUT2D eigenvalue weighted by atomic mass is 10.2. The Balaban J connectivity index is 2.27. The van der Waals surface area contributed by atoms with Gasteiger partial charge in [-0.15, -0.1) is 10.2 Å². The molecule has 5 nitrogen and oxygen atoms in total. The molecule has 0 saturated heterocycles. The van der Waals surface area contributed by atoms with Crippen LogP contribution in [0, 0.1) is 0 Å². The lowest BCUT2D eigenvalue weighted by Crippen LogP contribution is -2.13. The second kappa shape index (κ2) is 4.85. The largest absolute Gasteiger partial charge is 0.319 e. The summed E-state index contributed by atoms with van der Waals surface area (Å²) in [5.74, 6) is 1.87. The maximum atomic E-state index is 4.20. The van der Waals surface area contributed by atoms with Gasteiger partial charge in [0.05, 0.1) is 0 Å². The van der Waals surface area contributed by atoms with Crippen molar-refractivity contribution in [3.05, 3.63) is 30.4 Å². The van der Waals surface area contributed by atoms with Gasteiger partial charge in [0.15, 0.2) is 5.82 Å². The van der Waals surface area contributed by atoms with Crippen molar-refractivity contribution < 1.29 is 0 Å². The number of aromatic nitrogens is 4. The van der Waals surface area contributed by atoms with Crippen LogP contribution in [0.4, 0.5) is 0 Å². The molecule has 0 fully saturated rings. The molecule has 0 aliphatic carbocycles. The Hall–Kier alpha value is -1.75. The van der Waals surface area contributed by atoms with Gasteiger partial charge < -0.3 is 9.88 Å². The van der Waals surface area contributed by atoms with Crippen LogP contribution in [0.15, 0.2) is 24.5 Å². The van der Waals surface area contributed by atoms with E-state index < -0.39 is 0 Å². The van der Waals surface area contributed by atoms with Crippen LogP contribution in [-0.4, -0.2) is 33.3 Å². The Morgan fingerprint density at radius 1 is 1.25 bits per heavy atom. The first-order valence-electron chi connectivity index (χ1n) is 5.26.